The third kappa shape index (κ3) is 4.35. The molecule has 0 amide bonds. The fraction of sp³-hybridized carbons (Fsp3) is 0.222. The number of ether oxygens (including phenoxy) is 2. The van der Waals surface area contributed by atoms with Gasteiger partial charge in [0, 0.05) is 0 Å². The molecule has 2 heterocycles. The Morgan fingerprint density at radius 1 is 0.591 bits per heavy atom. The molecule has 4 nitrogen and oxygen atoms in total. The first kappa shape index (κ1) is 14.6. The van der Waals surface area contributed by atoms with E-state index in [0.29, 0.717) is 26.4 Å². The van der Waals surface area contributed by atoms with Crippen LogP contribution in [-0.4, -0.2) is 0 Å². The van der Waals surface area contributed by atoms with Gasteiger partial charge in [-0.05, 0) is 35.4 Å². The van der Waals surface area contributed by atoms with Crippen LogP contribution in [0.3, 0.4) is 0 Å². The molecule has 4 heteroatoms. The van der Waals surface area contributed by atoms with E-state index in [-0.39, 0.29) is 0 Å². The molecule has 0 bridgehead atoms. The van der Waals surface area contributed by atoms with Crippen molar-refractivity contribution in [3.05, 3.63) is 83.7 Å². The largest absolute Gasteiger partial charge is 0.467 e. The van der Waals surface area contributed by atoms with Gasteiger partial charge in [0.25, 0.3) is 0 Å². The molecule has 22 heavy (non-hydrogen) atoms. The summed E-state index contributed by atoms with van der Waals surface area (Å²) in [5.74, 6) is 1.67. The molecule has 0 unspecified atom stereocenters. The van der Waals surface area contributed by atoms with Gasteiger partial charge in [0.1, 0.15) is 24.7 Å². The Morgan fingerprint density at radius 3 is 1.41 bits per heavy atom. The zero-order chi connectivity index (χ0) is 15.0. The van der Waals surface area contributed by atoms with Crippen LogP contribution >= 0.6 is 0 Å². The number of benzene rings is 1. The Hall–Kier alpha value is -2.30. The van der Waals surface area contributed by atoms with Crippen LogP contribution < -0.4 is 0 Å². The summed E-state index contributed by atoms with van der Waals surface area (Å²) in [6.07, 6.45) is 3.30. The summed E-state index contributed by atoms with van der Waals surface area (Å²) >= 11 is 0. The average molecular weight is 298 g/mol. The van der Waals surface area contributed by atoms with Gasteiger partial charge in [0.15, 0.2) is 0 Å². The number of furan rings is 2. The number of hydrogen-bond acceptors (Lipinski definition) is 4. The van der Waals surface area contributed by atoms with Crippen molar-refractivity contribution in [1.82, 2.24) is 0 Å². The second-order valence-corrected chi connectivity index (χ2v) is 4.96. The molecule has 0 saturated heterocycles. The molecule has 3 rings (SSSR count). The predicted octanol–water partition coefficient (Wildman–Crippen LogP) is 4.31. The molecule has 0 fully saturated rings. The third-order valence-electron chi connectivity index (χ3n) is 3.21. The predicted molar refractivity (Wildman–Crippen MR) is 80.8 cm³/mol. The van der Waals surface area contributed by atoms with Gasteiger partial charge in [-0.2, -0.15) is 0 Å². The molecule has 2 aromatic heterocycles. The summed E-state index contributed by atoms with van der Waals surface area (Å²) in [6, 6.07) is 15.7. The van der Waals surface area contributed by atoms with Crippen LogP contribution in [0.25, 0.3) is 0 Å². The van der Waals surface area contributed by atoms with Crippen molar-refractivity contribution in [2.75, 3.05) is 0 Å². The minimum Gasteiger partial charge on any atom is -0.467 e. The lowest BCUT2D eigenvalue weighted by molar-refractivity contribution is 0.0911. The molecule has 0 radical (unpaired) electrons. The maximum atomic E-state index is 5.60. The van der Waals surface area contributed by atoms with Gasteiger partial charge in [-0.25, -0.2) is 0 Å². The third-order valence-corrected chi connectivity index (χ3v) is 3.21. The maximum Gasteiger partial charge on any atom is 0.129 e. The van der Waals surface area contributed by atoms with E-state index >= 15 is 0 Å². The van der Waals surface area contributed by atoms with Crippen molar-refractivity contribution in [1.29, 1.82) is 0 Å². The Balaban J connectivity index is 1.39. The molecular formula is C18H18O4. The van der Waals surface area contributed by atoms with Crippen LogP contribution in [0.5, 0.6) is 0 Å². The van der Waals surface area contributed by atoms with Gasteiger partial charge in [0.05, 0.1) is 25.7 Å². The summed E-state index contributed by atoms with van der Waals surface area (Å²) < 4.78 is 21.6. The van der Waals surface area contributed by atoms with E-state index in [1.54, 1.807) is 12.5 Å². The van der Waals surface area contributed by atoms with Crippen LogP contribution in [0.15, 0.2) is 69.9 Å². The van der Waals surface area contributed by atoms with Crippen molar-refractivity contribution in [2.24, 2.45) is 0 Å². The molecular weight excluding hydrogens is 280 g/mol. The highest BCUT2D eigenvalue weighted by Crippen LogP contribution is 2.10. The number of rotatable bonds is 8. The Kier molecular flexibility index (Phi) is 5.08. The van der Waals surface area contributed by atoms with E-state index in [1.165, 1.54) is 0 Å². The van der Waals surface area contributed by atoms with Crippen molar-refractivity contribution >= 4 is 0 Å². The molecule has 0 atom stereocenters. The lowest BCUT2D eigenvalue weighted by atomic mass is 10.1. The molecule has 0 aliphatic rings. The fourth-order valence-electron chi connectivity index (χ4n) is 2.06. The average Bonchev–Trinajstić information content (AvgIpc) is 3.22. The molecule has 0 aliphatic heterocycles. The molecule has 0 N–H and O–H groups in total. The summed E-state index contributed by atoms with van der Waals surface area (Å²) in [4.78, 5) is 0. The second-order valence-electron chi connectivity index (χ2n) is 4.96. The van der Waals surface area contributed by atoms with Crippen molar-refractivity contribution < 1.29 is 18.3 Å². The molecule has 3 aromatic rings. The van der Waals surface area contributed by atoms with Gasteiger partial charge in [0.2, 0.25) is 0 Å². The summed E-state index contributed by atoms with van der Waals surface area (Å²) in [7, 11) is 0. The topological polar surface area (TPSA) is 44.7 Å². The Morgan fingerprint density at radius 2 is 1.05 bits per heavy atom. The van der Waals surface area contributed by atoms with E-state index in [4.69, 9.17) is 18.3 Å². The molecule has 0 spiro atoms. The highest BCUT2D eigenvalue weighted by molar-refractivity contribution is 5.21. The van der Waals surface area contributed by atoms with E-state index in [2.05, 4.69) is 0 Å². The Bertz CT molecular complexity index is 580. The van der Waals surface area contributed by atoms with Gasteiger partial charge in [-0.15, -0.1) is 0 Å². The summed E-state index contributed by atoms with van der Waals surface area (Å²) in [6.45, 7) is 2.10. The van der Waals surface area contributed by atoms with E-state index in [1.807, 2.05) is 48.5 Å². The maximum absolute atomic E-state index is 5.60. The number of hydrogen-bond donors (Lipinski definition) is 0. The normalized spacial score (nSPS) is 10.9. The highest BCUT2D eigenvalue weighted by Gasteiger charge is 2.00. The van der Waals surface area contributed by atoms with Crippen molar-refractivity contribution in [3.8, 4) is 0 Å². The molecule has 114 valence electrons. The summed E-state index contributed by atoms with van der Waals surface area (Å²) in [5.41, 5.74) is 2.25. The standard InChI is InChI=1S/C18H18O4/c1-3-17(21-9-1)13-19-11-15-5-7-16(8-6-15)12-20-14-18-4-2-10-22-18/h1-10H,11-14H2. The minimum absolute atomic E-state index is 0.487. The smallest absolute Gasteiger partial charge is 0.129 e. The van der Waals surface area contributed by atoms with Gasteiger partial charge < -0.3 is 18.3 Å². The van der Waals surface area contributed by atoms with Crippen LogP contribution in [0, 0.1) is 0 Å². The van der Waals surface area contributed by atoms with Crippen molar-refractivity contribution in [3.63, 3.8) is 0 Å². The lowest BCUT2D eigenvalue weighted by Crippen LogP contribution is -1.95. The molecule has 1 aromatic carbocycles. The van der Waals surface area contributed by atoms with Crippen LogP contribution in [0.2, 0.25) is 0 Å². The molecule has 0 aliphatic carbocycles. The van der Waals surface area contributed by atoms with Crippen LogP contribution in [0.1, 0.15) is 22.6 Å². The first-order valence-corrected chi connectivity index (χ1v) is 7.18. The zero-order valence-corrected chi connectivity index (χ0v) is 12.2. The zero-order valence-electron chi connectivity index (χ0n) is 12.2. The lowest BCUT2D eigenvalue weighted by Gasteiger charge is -2.05. The summed E-state index contributed by atoms with van der Waals surface area (Å²) in [5, 5.41) is 0. The van der Waals surface area contributed by atoms with Crippen LogP contribution in [-0.2, 0) is 35.9 Å². The fourth-order valence-corrected chi connectivity index (χ4v) is 2.06. The van der Waals surface area contributed by atoms with E-state index < -0.39 is 0 Å². The van der Waals surface area contributed by atoms with Gasteiger partial charge in [-0.1, -0.05) is 24.3 Å². The first-order valence-electron chi connectivity index (χ1n) is 7.18. The monoisotopic (exact) mass is 298 g/mol. The van der Waals surface area contributed by atoms with Gasteiger partial charge >= 0.3 is 0 Å². The van der Waals surface area contributed by atoms with Gasteiger partial charge in [-0.3, -0.25) is 0 Å². The van der Waals surface area contributed by atoms with Crippen LogP contribution in [0.4, 0.5) is 0 Å². The Labute approximate surface area is 129 Å². The molecule has 0 saturated carbocycles. The first-order chi connectivity index (χ1) is 10.9. The van der Waals surface area contributed by atoms with E-state index in [0.717, 1.165) is 22.6 Å². The minimum atomic E-state index is 0.487. The van der Waals surface area contributed by atoms with Crippen molar-refractivity contribution in [2.45, 2.75) is 26.4 Å². The second kappa shape index (κ2) is 7.64. The quantitative estimate of drug-likeness (QED) is 0.621. The highest BCUT2D eigenvalue weighted by atomic mass is 16.5. The van der Waals surface area contributed by atoms with E-state index in [9.17, 15) is 0 Å². The SMILES string of the molecule is c1coc(COCc2ccc(COCc3ccco3)cc2)c1.